The lowest BCUT2D eigenvalue weighted by molar-refractivity contribution is 0.102. The van der Waals surface area contributed by atoms with Crippen LogP contribution in [-0.4, -0.2) is 38.3 Å². The van der Waals surface area contributed by atoms with E-state index in [9.17, 15) is 13.2 Å². The molecule has 3 rings (SSSR count). The fourth-order valence-electron chi connectivity index (χ4n) is 3.83. The maximum Gasteiger partial charge on any atom is 0.255 e. The topological polar surface area (TPSA) is 75.7 Å². The first-order valence-electron chi connectivity index (χ1n) is 10.4. The number of anilines is 1. The number of hydrogen-bond acceptors (Lipinski definition) is 4. The van der Waals surface area contributed by atoms with Gasteiger partial charge in [0.2, 0.25) is 10.0 Å². The van der Waals surface area contributed by atoms with Crippen molar-refractivity contribution in [2.24, 2.45) is 11.8 Å². The van der Waals surface area contributed by atoms with Gasteiger partial charge in [-0.25, -0.2) is 8.42 Å². The average Bonchev–Trinajstić information content (AvgIpc) is 2.72. The van der Waals surface area contributed by atoms with Gasteiger partial charge < -0.3 is 10.1 Å². The predicted molar refractivity (Wildman–Crippen MR) is 118 cm³/mol. The average molecular weight is 431 g/mol. The SMILES string of the molecule is CCCOc1ccccc1NC(=O)c1ccc(S(=O)(=O)N2CC(C)CC(C)C2)cc1. The Bertz CT molecular complexity index is 963. The highest BCUT2D eigenvalue weighted by molar-refractivity contribution is 7.89. The highest BCUT2D eigenvalue weighted by atomic mass is 32.2. The van der Waals surface area contributed by atoms with Crippen LogP contribution in [0.3, 0.4) is 0 Å². The molecule has 1 saturated heterocycles. The minimum atomic E-state index is -3.56. The molecule has 0 aliphatic carbocycles. The van der Waals surface area contributed by atoms with E-state index in [0.29, 0.717) is 48.5 Å². The van der Waals surface area contributed by atoms with E-state index in [2.05, 4.69) is 19.2 Å². The summed E-state index contributed by atoms with van der Waals surface area (Å²) in [7, 11) is -3.56. The van der Waals surface area contributed by atoms with E-state index in [4.69, 9.17) is 4.74 Å². The number of benzene rings is 2. The van der Waals surface area contributed by atoms with Crippen molar-refractivity contribution in [1.29, 1.82) is 0 Å². The number of sulfonamides is 1. The second-order valence-corrected chi connectivity index (χ2v) is 10.0. The standard InChI is InChI=1S/C23H30N2O4S/c1-4-13-29-22-8-6-5-7-21(22)24-23(26)19-9-11-20(12-10-19)30(27,28)25-15-17(2)14-18(3)16-25/h5-12,17-18H,4,13-16H2,1-3H3,(H,24,26). The normalized spacial score (nSPS) is 20.0. The molecule has 1 fully saturated rings. The summed E-state index contributed by atoms with van der Waals surface area (Å²) in [5, 5.41) is 2.85. The Balaban J connectivity index is 1.73. The van der Waals surface area contributed by atoms with Gasteiger partial charge in [-0.1, -0.05) is 32.9 Å². The molecule has 30 heavy (non-hydrogen) atoms. The Kier molecular flexibility index (Phi) is 7.15. The molecule has 7 heteroatoms. The van der Waals surface area contributed by atoms with Gasteiger partial charge in [0, 0.05) is 18.7 Å². The van der Waals surface area contributed by atoms with Gasteiger partial charge in [-0.15, -0.1) is 0 Å². The number of carbonyl (C=O) groups excluding carboxylic acids is 1. The van der Waals surface area contributed by atoms with Crippen LogP contribution in [0.15, 0.2) is 53.4 Å². The van der Waals surface area contributed by atoms with Crippen molar-refractivity contribution in [3.05, 3.63) is 54.1 Å². The van der Waals surface area contributed by atoms with Crippen LogP contribution >= 0.6 is 0 Å². The Morgan fingerprint density at radius 1 is 1.07 bits per heavy atom. The number of hydrogen-bond donors (Lipinski definition) is 1. The number of para-hydroxylation sites is 2. The molecule has 2 aromatic carbocycles. The van der Waals surface area contributed by atoms with Crippen LogP contribution in [-0.2, 0) is 10.0 Å². The Labute approximate surface area is 179 Å². The van der Waals surface area contributed by atoms with Crippen LogP contribution in [0.5, 0.6) is 5.75 Å². The first kappa shape index (κ1) is 22.3. The fourth-order valence-corrected chi connectivity index (χ4v) is 5.51. The summed E-state index contributed by atoms with van der Waals surface area (Å²) < 4.78 is 33.2. The maximum absolute atomic E-state index is 13.0. The van der Waals surface area contributed by atoms with Gasteiger partial charge in [-0.05, 0) is 61.1 Å². The van der Waals surface area contributed by atoms with Gasteiger partial charge in [-0.2, -0.15) is 4.31 Å². The van der Waals surface area contributed by atoms with Crippen LogP contribution in [0.1, 0.15) is 44.0 Å². The molecule has 1 aliphatic heterocycles. The Morgan fingerprint density at radius 2 is 1.70 bits per heavy atom. The smallest absolute Gasteiger partial charge is 0.255 e. The van der Waals surface area contributed by atoms with Crippen LogP contribution in [0.25, 0.3) is 0 Å². The molecule has 0 spiro atoms. The molecule has 1 heterocycles. The van der Waals surface area contributed by atoms with E-state index in [1.807, 2.05) is 25.1 Å². The van der Waals surface area contributed by atoms with Crippen LogP contribution in [0.2, 0.25) is 0 Å². The molecule has 2 aromatic rings. The quantitative estimate of drug-likeness (QED) is 0.707. The van der Waals surface area contributed by atoms with Crippen molar-refractivity contribution in [3.8, 4) is 5.75 Å². The van der Waals surface area contributed by atoms with Gasteiger partial charge in [0.25, 0.3) is 5.91 Å². The van der Waals surface area contributed by atoms with E-state index in [-0.39, 0.29) is 10.8 Å². The maximum atomic E-state index is 13.0. The zero-order valence-electron chi connectivity index (χ0n) is 17.8. The van der Waals surface area contributed by atoms with Gasteiger partial charge in [0.05, 0.1) is 17.2 Å². The van der Waals surface area contributed by atoms with E-state index < -0.39 is 10.0 Å². The molecule has 0 saturated carbocycles. The molecular weight excluding hydrogens is 400 g/mol. The molecule has 1 aliphatic rings. The lowest BCUT2D eigenvalue weighted by Crippen LogP contribution is -2.42. The van der Waals surface area contributed by atoms with Crippen molar-refractivity contribution in [3.63, 3.8) is 0 Å². The number of piperidine rings is 1. The first-order chi connectivity index (χ1) is 14.3. The number of carbonyl (C=O) groups is 1. The molecule has 2 atom stereocenters. The monoisotopic (exact) mass is 430 g/mol. The third-order valence-corrected chi connectivity index (χ3v) is 7.03. The molecule has 162 valence electrons. The summed E-state index contributed by atoms with van der Waals surface area (Å²) in [6.07, 6.45) is 1.90. The van der Waals surface area contributed by atoms with Gasteiger partial charge in [0.1, 0.15) is 5.75 Å². The van der Waals surface area contributed by atoms with Crippen LogP contribution in [0.4, 0.5) is 5.69 Å². The lowest BCUT2D eigenvalue weighted by Gasteiger charge is -2.34. The number of nitrogens with one attached hydrogen (secondary N) is 1. The van der Waals surface area contributed by atoms with Crippen molar-refractivity contribution < 1.29 is 17.9 Å². The van der Waals surface area contributed by atoms with E-state index in [1.165, 1.54) is 12.1 Å². The molecule has 2 unspecified atom stereocenters. The largest absolute Gasteiger partial charge is 0.491 e. The molecule has 0 aromatic heterocycles. The number of nitrogens with zero attached hydrogens (tertiary/aromatic N) is 1. The van der Waals surface area contributed by atoms with Gasteiger partial charge in [0.15, 0.2) is 0 Å². The van der Waals surface area contributed by atoms with Crippen LogP contribution < -0.4 is 10.1 Å². The minimum absolute atomic E-state index is 0.215. The van der Waals surface area contributed by atoms with E-state index in [1.54, 1.807) is 22.5 Å². The van der Waals surface area contributed by atoms with Gasteiger partial charge >= 0.3 is 0 Å². The molecule has 1 amide bonds. The van der Waals surface area contributed by atoms with Crippen molar-refractivity contribution >= 4 is 21.6 Å². The number of rotatable bonds is 7. The summed E-state index contributed by atoms with van der Waals surface area (Å²) in [4.78, 5) is 12.9. The Morgan fingerprint density at radius 3 is 2.33 bits per heavy atom. The fraction of sp³-hybridized carbons (Fsp3) is 0.435. The third kappa shape index (κ3) is 5.21. The molecule has 1 N–H and O–H groups in total. The second-order valence-electron chi connectivity index (χ2n) is 8.09. The molecule has 6 nitrogen and oxygen atoms in total. The highest BCUT2D eigenvalue weighted by Gasteiger charge is 2.31. The lowest BCUT2D eigenvalue weighted by atomic mass is 9.94. The summed E-state index contributed by atoms with van der Waals surface area (Å²) in [6.45, 7) is 7.80. The summed E-state index contributed by atoms with van der Waals surface area (Å²) in [5.41, 5.74) is 0.976. The van der Waals surface area contributed by atoms with E-state index in [0.717, 1.165) is 12.8 Å². The first-order valence-corrected chi connectivity index (χ1v) is 11.9. The highest BCUT2D eigenvalue weighted by Crippen LogP contribution is 2.27. The van der Waals surface area contributed by atoms with Crippen molar-refractivity contribution in [1.82, 2.24) is 4.31 Å². The summed E-state index contributed by atoms with van der Waals surface area (Å²) >= 11 is 0. The summed E-state index contributed by atoms with van der Waals surface area (Å²) in [6, 6.07) is 13.4. The zero-order valence-corrected chi connectivity index (χ0v) is 18.6. The third-order valence-electron chi connectivity index (χ3n) is 5.19. The minimum Gasteiger partial charge on any atom is -0.491 e. The van der Waals surface area contributed by atoms with Crippen molar-refractivity contribution in [2.75, 3.05) is 25.0 Å². The number of amides is 1. The second kappa shape index (κ2) is 9.62. The number of ether oxygens (including phenoxy) is 1. The van der Waals surface area contributed by atoms with Crippen molar-refractivity contribution in [2.45, 2.75) is 38.5 Å². The summed E-state index contributed by atoms with van der Waals surface area (Å²) in [5.74, 6) is 0.971. The zero-order chi connectivity index (χ0) is 21.7. The van der Waals surface area contributed by atoms with Crippen LogP contribution in [0, 0.1) is 11.8 Å². The molecule has 0 bridgehead atoms. The van der Waals surface area contributed by atoms with Gasteiger partial charge in [-0.3, -0.25) is 4.79 Å². The molecular formula is C23H30N2O4S. The molecule has 0 radical (unpaired) electrons. The van der Waals surface area contributed by atoms with E-state index >= 15 is 0 Å². The predicted octanol–water partition coefficient (Wildman–Crippen LogP) is 4.39. The Hall–Kier alpha value is -2.38.